The Hall–Kier alpha value is -0.960. The van der Waals surface area contributed by atoms with Crippen LogP contribution in [0.2, 0.25) is 0 Å². The SMILES string of the molecule is CC1CN(S(=O)(=O)c2ccc(CC(=O)O)s2)CC1N(C)C. The Morgan fingerprint density at radius 2 is 2.10 bits per heavy atom. The summed E-state index contributed by atoms with van der Waals surface area (Å²) in [5, 5.41) is 8.76. The van der Waals surface area contributed by atoms with Crippen molar-refractivity contribution in [2.24, 2.45) is 5.92 Å². The molecule has 1 aliphatic heterocycles. The first-order valence-corrected chi connectivity index (χ1v) is 8.94. The molecule has 0 amide bonds. The quantitative estimate of drug-likeness (QED) is 0.868. The van der Waals surface area contributed by atoms with Crippen molar-refractivity contribution in [2.45, 2.75) is 23.6 Å². The minimum atomic E-state index is -3.52. The van der Waals surface area contributed by atoms with Crippen LogP contribution >= 0.6 is 11.3 Å². The van der Waals surface area contributed by atoms with Crippen molar-refractivity contribution in [2.75, 3.05) is 27.2 Å². The highest BCUT2D eigenvalue weighted by atomic mass is 32.2. The summed E-state index contributed by atoms with van der Waals surface area (Å²) < 4.78 is 27.0. The highest BCUT2D eigenvalue weighted by Gasteiger charge is 2.38. The van der Waals surface area contributed by atoms with Crippen molar-refractivity contribution in [1.82, 2.24) is 9.21 Å². The fourth-order valence-corrected chi connectivity index (χ4v) is 5.70. The molecule has 0 saturated carbocycles. The highest BCUT2D eigenvalue weighted by Crippen LogP contribution is 2.30. The molecule has 0 spiro atoms. The molecule has 8 heteroatoms. The lowest BCUT2D eigenvalue weighted by atomic mass is 10.1. The summed E-state index contributed by atoms with van der Waals surface area (Å²) in [6, 6.07) is 3.29. The second-order valence-corrected chi connectivity index (χ2v) is 8.95. The van der Waals surface area contributed by atoms with Crippen LogP contribution in [-0.4, -0.2) is 61.9 Å². The molecule has 118 valence electrons. The van der Waals surface area contributed by atoms with E-state index in [1.54, 1.807) is 6.07 Å². The number of hydrogen-bond acceptors (Lipinski definition) is 5. The van der Waals surface area contributed by atoms with Gasteiger partial charge in [-0.25, -0.2) is 8.42 Å². The highest BCUT2D eigenvalue weighted by molar-refractivity contribution is 7.91. The van der Waals surface area contributed by atoms with Crippen LogP contribution in [0.4, 0.5) is 0 Å². The lowest BCUT2D eigenvalue weighted by Gasteiger charge is -2.22. The Balaban J connectivity index is 2.19. The molecule has 0 aliphatic carbocycles. The number of carbonyl (C=O) groups is 1. The normalized spacial score (nSPS) is 23.8. The summed E-state index contributed by atoms with van der Waals surface area (Å²) in [5.74, 6) is -0.684. The first kappa shape index (κ1) is 16.4. The molecule has 21 heavy (non-hydrogen) atoms. The second kappa shape index (κ2) is 6.04. The summed E-state index contributed by atoms with van der Waals surface area (Å²) in [5.41, 5.74) is 0. The molecule has 1 aliphatic rings. The summed E-state index contributed by atoms with van der Waals surface area (Å²) in [4.78, 5) is 13.3. The van der Waals surface area contributed by atoms with Gasteiger partial charge in [-0.3, -0.25) is 4.79 Å². The number of thiophene rings is 1. The molecule has 0 bridgehead atoms. The molecule has 6 nitrogen and oxygen atoms in total. The fourth-order valence-electron chi connectivity index (χ4n) is 2.64. The maximum Gasteiger partial charge on any atom is 0.308 e. The van der Waals surface area contributed by atoms with Crippen molar-refractivity contribution in [3.63, 3.8) is 0 Å². The van der Waals surface area contributed by atoms with Gasteiger partial charge in [0.1, 0.15) is 4.21 Å². The molecule has 2 heterocycles. The number of carboxylic acids is 1. The van der Waals surface area contributed by atoms with Crippen LogP contribution in [-0.2, 0) is 21.2 Å². The van der Waals surface area contributed by atoms with Gasteiger partial charge in [-0.1, -0.05) is 6.92 Å². The predicted molar refractivity (Wildman–Crippen MR) is 81.1 cm³/mol. The van der Waals surface area contributed by atoms with E-state index in [0.29, 0.717) is 18.0 Å². The van der Waals surface area contributed by atoms with E-state index in [-0.39, 0.29) is 22.6 Å². The lowest BCUT2D eigenvalue weighted by Crippen LogP contribution is -2.35. The molecule has 1 N–H and O–H groups in total. The Bertz CT molecular complexity index is 624. The molecule has 2 rings (SSSR count). The van der Waals surface area contributed by atoms with Crippen molar-refractivity contribution < 1.29 is 18.3 Å². The number of sulfonamides is 1. The van der Waals surface area contributed by atoms with Crippen LogP contribution in [0.5, 0.6) is 0 Å². The van der Waals surface area contributed by atoms with Gasteiger partial charge in [0, 0.05) is 24.0 Å². The van der Waals surface area contributed by atoms with Crippen LogP contribution in [0.1, 0.15) is 11.8 Å². The molecule has 1 fully saturated rings. The van der Waals surface area contributed by atoms with Crippen LogP contribution in [0, 0.1) is 5.92 Å². The van der Waals surface area contributed by atoms with E-state index >= 15 is 0 Å². The van der Waals surface area contributed by atoms with E-state index in [1.165, 1.54) is 10.4 Å². The Labute approximate surface area is 129 Å². The first-order chi connectivity index (χ1) is 9.71. The van der Waals surface area contributed by atoms with Crippen LogP contribution in [0.25, 0.3) is 0 Å². The predicted octanol–water partition coefficient (Wildman–Crippen LogP) is 0.946. The van der Waals surface area contributed by atoms with Crippen molar-refractivity contribution in [3.05, 3.63) is 17.0 Å². The summed E-state index contributed by atoms with van der Waals surface area (Å²) in [6.45, 7) is 3.02. The molecular formula is C13H20N2O4S2. The van der Waals surface area contributed by atoms with E-state index in [1.807, 2.05) is 25.9 Å². The van der Waals surface area contributed by atoms with E-state index in [4.69, 9.17) is 5.11 Å². The van der Waals surface area contributed by atoms with Gasteiger partial charge in [-0.15, -0.1) is 11.3 Å². The Morgan fingerprint density at radius 3 is 2.62 bits per heavy atom. The molecular weight excluding hydrogens is 312 g/mol. The fraction of sp³-hybridized carbons (Fsp3) is 0.615. The number of nitrogens with zero attached hydrogens (tertiary/aromatic N) is 2. The average molecular weight is 332 g/mol. The van der Waals surface area contributed by atoms with Crippen molar-refractivity contribution >= 4 is 27.3 Å². The third-order valence-electron chi connectivity index (χ3n) is 3.76. The molecule has 1 aromatic heterocycles. The minimum Gasteiger partial charge on any atom is -0.481 e. The van der Waals surface area contributed by atoms with Gasteiger partial charge in [0.25, 0.3) is 10.0 Å². The monoisotopic (exact) mass is 332 g/mol. The Morgan fingerprint density at radius 1 is 1.43 bits per heavy atom. The zero-order valence-electron chi connectivity index (χ0n) is 12.3. The van der Waals surface area contributed by atoms with Gasteiger partial charge in [0.05, 0.1) is 6.42 Å². The number of rotatable bonds is 5. The molecule has 0 radical (unpaired) electrons. The zero-order chi connectivity index (χ0) is 15.8. The van der Waals surface area contributed by atoms with Crippen LogP contribution < -0.4 is 0 Å². The maximum absolute atomic E-state index is 12.6. The number of likely N-dealkylation sites (N-methyl/N-ethyl adjacent to an activating group) is 1. The lowest BCUT2D eigenvalue weighted by molar-refractivity contribution is -0.136. The number of carboxylic acid groups (broad SMARTS) is 1. The number of hydrogen-bond donors (Lipinski definition) is 1. The number of aliphatic carboxylic acids is 1. The van der Waals surface area contributed by atoms with Crippen molar-refractivity contribution in [3.8, 4) is 0 Å². The average Bonchev–Trinajstić information content (AvgIpc) is 2.95. The van der Waals surface area contributed by atoms with Gasteiger partial charge in [0.2, 0.25) is 0 Å². The van der Waals surface area contributed by atoms with Crippen molar-refractivity contribution in [1.29, 1.82) is 0 Å². The topological polar surface area (TPSA) is 77.9 Å². The van der Waals surface area contributed by atoms with Gasteiger partial charge >= 0.3 is 5.97 Å². The molecule has 1 aromatic rings. The maximum atomic E-state index is 12.6. The first-order valence-electron chi connectivity index (χ1n) is 6.69. The van der Waals surface area contributed by atoms with Crippen LogP contribution in [0.3, 0.4) is 0 Å². The van der Waals surface area contributed by atoms with Gasteiger partial charge < -0.3 is 10.0 Å². The largest absolute Gasteiger partial charge is 0.481 e. The second-order valence-electron chi connectivity index (χ2n) is 5.62. The Kier molecular flexibility index (Phi) is 4.72. The standard InChI is InChI=1S/C13H20N2O4S2/c1-9-7-15(8-11(9)14(2)3)21(18,19)13-5-4-10(20-13)6-12(16)17/h4-5,9,11H,6-8H2,1-3H3,(H,16,17). The summed E-state index contributed by atoms with van der Waals surface area (Å²) in [6.07, 6.45) is -0.142. The van der Waals surface area contributed by atoms with E-state index in [9.17, 15) is 13.2 Å². The minimum absolute atomic E-state index is 0.142. The third kappa shape index (κ3) is 3.45. The van der Waals surface area contributed by atoms with Crippen LogP contribution in [0.15, 0.2) is 16.3 Å². The zero-order valence-corrected chi connectivity index (χ0v) is 13.9. The summed E-state index contributed by atoms with van der Waals surface area (Å²) in [7, 11) is 0.383. The van der Waals surface area contributed by atoms with Gasteiger partial charge in [-0.05, 0) is 32.1 Å². The van der Waals surface area contributed by atoms with E-state index in [2.05, 4.69) is 0 Å². The molecule has 0 aromatic carbocycles. The smallest absolute Gasteiger partial charge is 0.308 e. The third-order valence-corrected chi connectivity index (χ3v) is 7.14. The molecule has 2 atom stereocenters. The molecule has 1 saturated heterocycles. The van der Waals surface area contributed by atoms with E-state index < -0.39 is 16.0 Å². The van der Waals surface area contributed by atoms with Gasteiger partial charge in [0.15, 0.2) is 0 Å². The van der Waals surface area contributed by atoms with E-state index in [0.717, 1.165) is 11.3 Å². The van der Waals surface area contributed by atoms with Gasteiger partial charge in [-0.2, -0.15) is 4.31 Å². The molecule has 2 unspecified atom stereocenters. The summed E-state index contributed by atoms with van der Waals surface area (Å²) >= 11 is 1.04.